The van der Waals surface area contributed by atoms with E-state index in [0.717, 1.165) is 36.8 Å². The monoisotopic (exact) mass is 394 g/mol. The molecule has 0 radical (unpaired) electrons. The molecule has 0 aliphatic carbocycles. The maximum absolute atomic E-state index is 12.5. The number of nitrogens with zero attached hydrogens (tertiary/aromatic N) is 4. The van der Waals surface area contributed by atoms with Crippen molar-refractivity contribution in [2.75, 3.05) is 64.8 Å². The van der Waals surface area contributed by atoms with Gasteiger partial charge in [0.25, 0.3) is 0 Å². The van der Waals surface area contributed by atoms with Crippen molar-refractivity contribution in [3.8, 4) is 0 Å². The van der Waals surface area contributed by atoms with E-state index in [1.165, 1.54) is 0 Å². The van der Waals surface area contributed by atoms with Crippen molar-refractivity contribution < 1.29 is 9.59 Å². The van der Waals surface area contributed by atoms with Crippen LogP contribution in [0.4, 0.5) is 5.69 Å². The van der Waals surface area contributed by atoms with E-state index < -0.39 is 0 Å². The van der Waals surface area contributed by atoms with Gasteiger partial charge in [-0.25, -0.2) is 0 Å². The lowest BCUT2D eigenvalue weighted by Crippen LogP contribution is -2.49. The summed E-state index contributed by atoms with van der Waals surface area (Å²) in [6.45, 7) is 6.70. The van der Waals surface area contributed by atoms with E-state index in [4.69, 9.17) is 11.6 Å². The largest absolute Gasteiger partial charge is 0.368 e. The van der Waals surface area contributed by atoms with Gasteiger partial charge < -0.3 is 19.6 Å². The molecule has 2 rings (SSSR count). The maximum Gasteiger partial charge on any atom is 0.224 e. The van der Waals surface area contributed by atoms with Crippen LogP contribution in [-0.2, 0) is 9.59 Å². The van der Waals surface area contributed by atoms with Gasteiger partial charge in [0, 0.05) is 63.3 Å². The van der Waals surface area contributed by atoms with E-state index >= 15 is 0 Å². The summed E-state index contributed by atoms with van der Waals surface area (Å²) in [6, 6.07) is 7.81. The summed E-state index contributed by atoms with van der Waals surface area (Å²) in [5, 5.41) is 0.726. The zero-order chi connectivity index (χ0) is 19.8. The average Bonchev–Trinajstić information content (AvgIpc) is 2.64. The van der Waals surface area contributed by atoms with E-state index in [-0.39, 0.29) is 11.8 Å². The smallest absolute Gasteiger partial charge is 0.224 e. The first-order valence-corrected chi connectivity index (χ1v) is 9.93. The van der Waals surface area contributed by atoms with Crippen molar-refractivity contribution in [3.63, 3.8) is 0 Å². The summed E-state index contributed by atoms with van der Waals surface area (Å²) < 4.78 is 0. The van der Waals surface area contributed by atoms with Crippen LogP contribution in [0.5, 0.6) is 0 Å². The minimum absolute atomic E-state index is 0.0346. The lowest BCUT2D eigenvalue weighted by atomic mass is 10.2. The second-order valence-corrected chi connectivity index (χ2v) is 7.70. The number of halogens is 1. The Balaban J connectivity index is 1.77. The molecular weight excluding hydrogens is 364 g/mol. The van der Waals surface area contributed by atoms with Gasteiger partial charge in [-0.2, -0.15) is 0 Å². The SMILES string of the molecule is CC(=O)N(CCCN(C)C)CCC(=O)N1CCN(c2cccc(Cl)c2)CC1. The van der Waals surface area contributed by atoms with Gasteiger partial charge in [-0.3, -0.25) is 9.59 Å². The predicted molar refractivity (Wildman–Crippen MR) is 110 cm³/mol. The fourth-order valence-electron chi connectivity index (χ4n) is 3.28. The first-order chi connectivity index (χ1) is 12.9. The third-order valence-electron chi connectivity index (χ3n) is 4.88. The highest BCUT2D eigenvalue weighted by atomic mass is 35.5. The van der Waals surface area contributed by atoms with E-state index in [1.807, 2.05) is 43.3 Å². The Kier molecular flexibility index (Phi) is 8.38. The van der Waals surface area contributed by atoms with E-state index in [1.54, 1.807) is 11.8 Å². The molecule has 2 amide bonds. The van der Waals surface area contributed by atoms with Gasteiger partial charge in [0.2, 0.25) is 11.8 Å². The van der Waals surface area contributed by atoms with Crippen molar-refractivity contribution in [2.45, 2.75) is 19.8 Å². The average molecular weight is 395 g/mol. The normalized spacial score (nSPS) is 14.6. The number of anilines is 1. The zero-order valence-corrected chi connectivity index (χ0v) is 17.4. The third-order valence-corrected chi connectivity index (χ3v) is 5.12. The minimum atomic E-state index is 0.0346. The van der Waals surface area contributed by atoms with Crippen LogP contribution in [0.1, 0.15) is 19.8 Å². The molecule has 1 aliphatic rings. The number of benzene rings is 1. The minimum Gasteiger partial charge on any atom is -0.368 e. The molecule has 1 aromatic rings. The number of amides is 2. The van der Waals surface area contributed by atoms with Crippen LogP contribution in [0.3, 0.4) is 0 Å². The molecule has 27 heavy (non-hydrogen) atoms. The quantitative estimate of drug-likeness (QED) is 0.678. The summed E-state index contributed by atoms with van der Waals surface area (Å²) in [5.41, 5.74) is 1.10. The van der Waals surface area contributed by atoms with Gasteiger partial charge >= 0.3 is 0 Å². The molecule has 0 N–H and O–H groups in total. The summed E-state index contributed by atoms with van der Waals surface area (Å²) in [7, 11) is 4.04. The lowest BCUT2D eigenvalue weighted by molar-refractivity contribution is -0.133. The molecule has 0 bridgehead atoms. The Bertz CT molecular complexity index is 630. The Morgan fingerprint density at radius 2 is 1.78 bits per heavy atom. The number of carbonyl (C=O) groups excluding carboxylic acids is 2. The number of hydrogen-bond acceptors (Lipinski definition) is 4. The highest BCUT2D eigenvalue weighted by Gasteiger charge is 2.22. The van der Waals surface area contributed by atoms with Crippen molar-refractivity contribution in [1.82, 2.24) is 14.7 Å². The van der Waals surface area contributed by atoms with Gasteiger partial charge in [0.1, 0.15) is 0 Å². The zero-order valence-electron chi connectivity index (χ0n) is 16.7. The predicted octanol–water partition coefficient (Wildman–Crippen LogP) is 2.18. The molecule has 0 unspecified atom stereocenters. The Morgan fingerprint density at radius 1 is 1.07 bits per heavy atom. The highest BCUT2D eigenvalue weighted by molar-refractivity contribution is 6.30. The first kappa shape index (κ1) is 21.5. The van der Waals surface area contributed by atoms with E-state index in [9.17, 15) is 9.59 Å². The maximum atomic E-state index is 12.5. The van der Waals surface area contributed by atoms with Gasteiger partial charge in [-0.1, -0.05) is 17.7 Å². The number of carbonyl (C=O) groups is 2. The second-order valence-electron chi connectivity index (χ2n) is 7.26. The topological polar surface area (TPSA) is 47.1 Å². The van der Waals surface area contributed by atoms with Gasteiger partial charge in [0.15, 0.2) is 0 Å². The molecule has 1 fully saturated rings. The Labute approximate surface area is 167 Å². The lowest BCUT2D eigenvalue weighted by Gasteiger charge is -2.36. The van der Waals surface area contributed by atoms with Crippen LogP contribution in [0.15, 0.2) is 24.3 Å². The van der Waals surface area contributed by atoms with Crippen LogP contribution in [-0.4, -0.2) is 86.4 Å². The van der Waals surface area contributed by atoms with E-state index in [0.29, 0.717) is 32.6 Å². The molecule has 1 saturated heterocycles. The molecule has 0 saturated carbocycles. The van der Waals surface area contributed by atoms with Crippen LogP contribution < -0.4 is 4.90 Å². The van der Waals surface area contributed by atoms with Crippen molar-refractivity contribution in [2.24, 2.45) is 0 Å². The summed E-state index contributed by atoms with van der Waals surface area (Å²) in [5.74, 6) is 0.159. The Morgan fingerprint density at radius 3 is 2.37 bits per heavy atom. The number of piperazine rings is 1. The summed E-state index contributed by atoms with van der Waals surface area (Å²) in [6.07, 6.45) is 1.30. The molecule has 7 heteroatoms. The fourth-order valence-corrected chi connectivity index (χ4v) is 3.46. The van der Waals surface area contributed by atoms with Crippen LogP contribution in [0, 0.1) is 0 Å². The molecule has 150 valence electrons. The molecule has 0 aromatic heterocycles. The Hall–Kier alpha value is -1.79. The standard InChI is InChI=1S/C20H31ClN4O2/c1-17(26)23(10-5-9-22(2)3)11-8-20(27)25-14-12-24(13-15-25)19-7-4-6-18(21)16-19/h4,6-7,16H,5,8-15H2,1-3H3. The number of hydrogen-bond donors (Lipinski definition) is 0. The highest BCUT2D eigenvalue weighted by Crippen LogP contribution is 2.21. The summed E-state index contributed by atoms with van der Waals surface area (Å²) in [4.78, 5) is 32.4. The molecule has 1 aliphatic heterocycles. The molecule has 1 aromatic carbocycles. The van der Waals surface area contributed by atoms with Crippen molar-refractivity contribution in [1.29, 1.82) is 0 Å². The molecule has 1 heterocycles. The van der Waals surface area contributed by atoms with Gasteiger partial charge in [-0.05, 0) is 45.3 Å². The van der Waals surface area contributed by atoms with Crippen LogP contribution in [0.25, 0.3) is 0 Å². The number of rotatable bonds is 8. The van der Waals surface area contributed by atoms with Crippen molar-refractivity contribution in [3.05, 3.63) is 29.3 Å². The van der Waals surface area contributed by atoms with Gasteiger partial charge in [-0.15, -0.1) is 0 Å². The van der Waals surface area contributed by atoms with Crippen molar-refractivity contribution >= 4 is 29.1 Å². The molecule has 0 spiro atoms. The molecule has 0 atom stereocenters. The first-order valence-electron chi connectivity index (χ1n) is 9.55. The van der Waals surface area contributed by atoms with E-state index in [2.05, 4.69) is 9.80 Å². The summed E-state index contributed by atoms with van der Waals surface area (Å²) >= 11 is 6.07. The molecular formula is C20H31ClN4O2. The van der Waals surface area contributed by atoms with Crippen LogP contribution >= 0.6 is 11.6 Å². The van der Waals surface area contributed by atoms with Crippen LogP contribution in [0.2, 0.25) is 5.02 Å². The third kappa shape index (κ3) is 7.03. The van der Waals surface area contributed by atoms with Gasteiger partial charge in [0.05, 0.1) is 0 Å². The fraction of sp³-hybridized carbons (Fsp3) is 0.600. The second kappa shape index (κ2) is 10.5. The molecule has 6 nitrogen and oxygen atoms in total.